The summed E-state index contributed by atoms with van der Waals surface area (Å²) in [6, 6.07) is 16.3. The van der Waals surface area contributed by atoms with E-state index in [4.69, 9.17) is 0 Å². The highest BCUT2D eigenvalue weighted by atomic mass is 14.9. The maximum Gasteiger partial charge on any atom is 0.213 e. The molecule has 0 radical (unpaired) electrons. The summed E-state index contributed by atoms with van der Waals surface area (Å²) in [4.78, 5) is 0. The molecule has 0 aliphatic heterocycles. The largest absolute Gasteiger partial charge is 0.213 e. The molecular formula is C28H36N+. The van der Waals surface area contributed by atoms with Crippen LogP contribution >= 0.6 is 0 Å². The number of pyridine rings is 1. The summed E-state index contributed by atoms with van der Waals surface area (Å²) in [6.07, 6.45) is 6.79. The second-order valence-corrected chi connectivity index (χ2v) is 10.1. The van der Waals surface area contributed by atoms with E-state index in [0.29, 0.717) is 5.92 Å². The van der Waals surface area contributed by atoms with Crippen LogP contribution in [0.3, 0.4) is 0 Å². The van der Waals surface area contributed by atoms with Crippen molar-refractivity contribution in [3.63, 3.8) is 0 Å². The molecule has 1 heterocycles. The van der Waals surface area contributed by atoms with Crippen molar-refractivity contribution in [2.45, 2.75) is 78.1 Å². The van der Waals surface area contributed by atoms with Crippen molar-refractivity contribution in [1.29, 1.82) is 0 Å². The first-order valence-corrected chi connectivity index (χ1v) is 11.3. The fraction of sp³-hybridized carbons (Fsp3) is 0.464. The first-order chi connectivity index (χ1) is 13.8. The molecule has 1 aliphatic rings. The number of nitrogens with zero attached hydrogens (tertiary/aromatic N) is 1. The van der Waals surface area contributed by atoms with E-state index in [0.717, 1.165) is 0 Å². The van der Waals surface area contributed by atoms with Gasteiger partial charge in [0.25, 0.3) is 0 Å². The molecule has 152 valence electrons. The van der Waals surface area contributed by atoms with Crippen LogP contribution in [-0.2, 0) is 12.5 Å². The van der Waals surface area contributed by atoms with Gasteiger partial charge in [-0.05, 0) is 72.4 Å². The zero-order valence-corrected chi connectivity index (χ0v) is 19.1. The van der Waals surface area contributed by atoms with Gasteiger partial charge in [-0.1, -0.05) is 58.2 Å². The molecule has 1 heteroatoms. The highest BCUT2D eigenvalue weighted by Gasteiger charge is 2.26. The van der Waals surface area contributed by atoms with Crippen LogP contribution in [0.1, 0.15) is 81.0 Å². The van der Waals surface area contributed by atoms with Crippen molar-refractivity contribution in [2.75, 3.05) is 0 Å². The van der Waals surface area contributed by atoms with Crippen LogP contribution < -0.4 is 4.57 Å². The van der Waals surface area contributed by atoms with Gasteiger partial charge >= 0.3 is 0 Å². The Bertz CT molecular complexity index is 1050. The van der Waals surface area contributed by atoms with Gasteiger partial charge in [-0.3, -0.25) is 0 Å². The standard InChI is InChI=1S/C28H36N/c1-19-16-22(28(3,4)5)17-24(20(19)2)27-18-25(21-12-8-7-9-13-21)23-14-10-11-15-26(23)29(27)6/h10-11,14-18,21H,7-9,12-13H2,1-6H3/q+1. The second-order valence-electron chi connectivity index (χ2n) is 10.1. The summed E-state index contributed by atoms with van der Waals surface area (Å²) in [5.41, 5.74) is 10.0. The van der Waals surface area contributed by atoms with Gasteiger partial charge in [-0.15, -0.1) is 0 Å². The lowest BCUT2D eigenvalue weighted by molar-refractivity contribution is -0.633. The van der Waals surface area contributed by atoms with Crippen molar-refractivity contribution in [2.24, 2.45) is 7.05 Å². The first-order valence-electron chi connectivity index (χ1n) is 11.3. The molecule has 2 aromatic carbocycles. The third-order valence-corrected chi connectivity index (χ3v) is 7.08. The summed E-state index contributed by atoms with van der Waals surface area (Å²) in [7, 11) is 2.24. The number of hydrogen-bond donors (Lipinski definition) is 0. The minimum Gasteiger partial charge on any atom is -0.194 e. The minimum absolute atomic E-state index is 0.148. The van der Waals surface area contributed by atoms with Crippen molar-refractivity contribution >= 4 is 10.9 Å². The van der Waals surface area contributed by atoms with Gasteiger partial charge in [0.1, 0.15) is 7.05 Å². The van der Waals surface area contributed by atoms with E-state index < -0.39 is 0 Å². The summed E-state index contributed by atoms with van der Waals surface area (Å²) >= 11 is 0. The molecule has 0 saturated heterocycles. The number of aromatic nitrogens is 1. The fourth-order valence-corrected chi connectivity index (χ4v) is 5.03. The molecule has 1 aromatic heterocycles. The molecule has 1 nitrogen and oxygen atoms in total. The van der Waals surface area contributed by atoms with Crippen LogP contribution in [0.2, 0.25) is 0 Å². The van der Waals surface area contributed by atoms with Crippen molar-refractivity contribution in [3.05, 3.63) is 64.7 Å². The lowest BCUT2D eigenvalue weighted by Gasteiger charge is -2.24. The molecule has 1 fully saturated rings. The van der Waals surface area contributed by atoms with Gasteiger partial charge in [0.05, 0.1) is 0 Å². The summed E-state index contributed by atoms with van der Waals surface area (Å²) < 4.78 is 2.41. The Kier molecular flexibility index (Phi) is 5.27. The Labute approximate surface area is 176 Å². The van der Waals surface area contributed by atoms with Gasteiger partial charge in [-0.2, -0.15) is 4.57 Å². The third kappa shape index (κ3) is 3.72. The highest BCUT2D eigenvalue weighted by molar-refractivity contribution is 5.82. The number of para-hydroxylation sites is 1. The van der Waals surface area contributed by atoms with E-state index in [2.05, 4.69) is 88.7 Å². The van der Waals surface area contributed by atoms with E-state index in [9.17, 15) is 0 Å². The van der Waals surface area contributed by atoms with Crippen LogP contribution in [0.5, 0.6) is 0 Å². The molecule has 0 bridgehead atoms. The Morgan fingerprint density at radius 3 is 2.28 bits per heavy atom. The Morgan fingerprint density at radius 1 is 0.897 bits per heavy atom. The Hall–Kier alpha value is -2.15. The summed E-state index contributed by atoms with van der Waals surface area (Å²) in [5.74, 6) is 0.695. The Morgan fingerprint density at radius 2 is 1.59 bits per heavy atom. The number of hydrogen-bond acceptors (Lipinski definition) is 0. The zero-order chi connectivity index (χ0) is 20.8. The van der Waals surface area contributed by atoms with E-state index >= 15 is 0 Å². The number of fused-ring (bicyclic) bond motifs is 1. The molecule has 1 saturated carbocycles. The minimum atomic E-state index is 0.148. The average molecular weight is 387 g/mol. The summed E-state index contributed by atoms with van der Waals surface area (Å²) in [5, 5.41) is 1.44. The maximum absolute atomic E-state index is 2.52. The summed E-state index contributed by atoms with van der Waals surface area (Å²) in [6.45, 7) is 11.5. The van der Waals surface area contributed by atoms with Gasteiger partial charge in [0.2, 0.25) is 11.2 Å². The first kappa shape index (κ1) is 20.1. The quantitative estimate of drug-likeness (QED) is 0.407. The van der Waals surface area contributed by atoms with E-state index in [1.54, 1.807) is 5.56 Å². The third-order valence-electron chi connectivity index (χ3n) is 7.08. The molecule has 0 atom stereocenters. The van der Waals surface area contributed by atoms with Gasteiger partial charge in [0.15, 0.2) is 0 Å². The maximum atomic E-state index is 2.52. The van der Waals surface area contributed by atoms with E-state index in [1.807, 2.05) is 0 Å². The number of aryl methyl sites for hydroxylation is 2. The Balaban J connectivity index is 2.00. The van der Waals surface area contributed by atoms with Gasteiger partial charge < -0.3 is 0 Å². The van der Waals surface area contributed by atoms with Crippen LogP contribution in [0, 0.1) is 13.8 Å². The normalized spacial score (nSPS) is 15.8. The molecule has 3 aromatic rings. The topological polar surface area (TPSA) is 3.88 Å². The molecule has 29 heavy (non-hydrogen) atoms. The van der Waals surface area contributed by atoms with E-state index in [-0.39, 0.29) is 5.41 Å². The molecular weight excluding hydrogens is 350 g/mol. The predicted molar refractivity (Wildman–Crippen MR) is 125 cm³/mol. The molecule has 0 amide bonds. The van der Waals surface area contributed by atoms with Crippen LogP contribution in [0.15, 0.2) is 42.5 Å². The number of benzene rings is 2. The molecule has 0 unspecified atom stereocenters. The molecule has 1 aliphatic carbocycles. The molecule has 0 spiro atoms. The monoisotopic (exact) mass is 386 g/mol. The van der Waals surface area contributed by atoms with Crippen LogP contribution in [-0.4, -0.2) is 0 Å². The zero-order valence-electron chi connectivity index (χ0n) is 19.1. The molecule has 4 rings (SSSR count). The predicted octanol–water partition coefficient (Wildman–Crippen LogP) is 7.29. The van der Waals surface area contributed by atoms with Crippen molar-refractivity contribution in [3.8, 4) is 11.3 Å². The fourth-order valence-electron chi connectivity index (χ4n) is 5.03. The lowest BCUT2D eigenvalue weighted by Crippen LogP contribution is -2.33. The second kappa shape index (κ2) is 7.59. The van der Waals surface area contributed by atoms with Gasteiger partial charge in [0, 0.05) is 23.1 Å². The smallest absolute Gasteiger partial charge is 0.194 e. The van der Waals surface area contributed by atoms with Gasteiger partial charge in [-0.25, -0.2) is 0 Å². The number of rotatable bonds is 2. The highest BCUT2D eigenvalue weighted by Crippen LogP contribution is 2.38. The lowest BCUT2D eigenvalue weighted by atomic mass is 9.81. The van der Waals surface area contributed by atoms with E-state index in [1.165, 1.54) is 71.0 Å². The van der Waals surface area contributed by atoms with Crippen molar-refractivity contribution < 1.29 is 4.57 Å². The van der Waals surface area contributed by atoms with Crippen LogP contribution in [0.4, 0.5) is 0 Å². The average Bonchev–Trinajstić information content (AvgIpc) is 2.70. The van der Waals surface area contributed by atoms with Crippen molar-refractivity contribution in [1.82, 2.24) is 0 Å². The SMILES string of the molecule is Cc1cc(C(C)(C)C)cc(-c2cc(C3CCCCC3)c3ccccc3[n+]2C)c1C. The molecule has 0 N–H and O–H groups in total. The van der Waals surface area contributed by atoms with Crippen LogP contribution in [0.25, 0.3) is 22.2 Å².